The van der Waals surface area contributed by atoms with Gasteiger partial charge in [-0.25, -0.2) is 4.79 Å². The number of phenols is 2. The van der Waals surface area contributed by atoms with E-state index in [2.05, 4.69) is 16.7 Å². The molecule has 0 fully saturated rings. The number of rotatable bonds is 8. The van der Waals surface area contributed by atoms with Gasteiger partial charge >= 0.3 is 6.09 Å². The number of nitrogens with one attached hydrogen (secondary N) is 2. The van der Waals surface area contributed by atoms with Crippen LogP contribution in [0.25, 0.3) is 10.8 Å². The van der Waals surface area contributed by atoms with Crippen LogP contribution in [0.4, 0.5) is 10.5 Å². The summed E-state index contributed by atoms with van der Waals surface area (Å²) in [7, 11) is 0. The van der Waals surface area contributed by atoms with Gasteiger partial charge in [0.15, 0.2) is 6.04 Å². The molecule has 0 saturated carbocycles. The van der Waals surface area contributed by atoms with Gasteiger partial charge < -0.3 is 25.6 Å². The number of benzene rings is 4. The maximum absolute atomic E-state index is 14.2. The topological polar surface area (TPSA) is 128 Å². The van der Waals surface area contributed by atoms with Crippen molar-refractivity contribution in [1.29, 1.82) is 0 Å². The number of terminal acetylenes is 1. The summed E-state index contributed by atoms with van der Waals surface area (Å²) >= 11 is 0. The zero-order valence-electron chi connectivity index (χ0n) is 25.0. The Balaban J connectivity index is 1.74. The van der Waals surface area contributed by atoms with Gasteiger partial charge in [-0.1, -0.05) is 67.1 Å². The van der Waals surface area contributed by atoms with Crippen molar-refractivity contribution >= 4 is 34.4 Å². The Morgan fingerprint density at radius 1 is 0.932 bits per heavy atom. The van der Waals surface area contributed by atoms with Crippen LogP contribution in [0.15, 0.2) is 84.9 Å². The van der Waals surface area contributed by atoms with Crippen molar-refractivity contribution in [3.8, 4) is 24.0 Å². The molecule has 0 radical (unpaired) electrons. The highest BCUT2D eigenvalue weighted by Gasteiger charge is 2.37. The van der Waals surface area contributed by atoms with Gasteiger partial charge in [-0.2, -0.15) is 0 Å². The number of hydrogen-bond donors (Lipinski definition) is 4. The number of fused-ring (bicyclic) bond motifs is 1. The molecule has 4 aromatic rings. The van der Waals surface area contributed by atoms with Crippen LogP contribution < -0.4 is 10.6 Å². The lowest BCUT2D eigenvalue weighted by molar-refractivity contribution is -0.136. The van der Waals surface area contributed by atoms with Crippen molar-refractivity contribution in [3.05, 3.63) is 102 Å². The van der Waals surface area contributed by atoms with Crippen molar-refractivity contribution in [2.75, 3.05) is 5.32 Å². The van der Waals surface area contributed by atoms with Crippen molar-refractivity contribution in [2.45, 2.75) is 51.8 Å². The Labute approximate surface area is 256 Å². The summed E-state index contributed by atoms with van der Waals surface area (Å²) in [6.45, 7) is 6.72. The lowest BCUT2D eigenvalue weighted by Gasteiger charge is -2.31. The van der Waals surface area contributed by atoms with Gasteiger partial charge in [-0.15, -0.1) is 0 Å². The van der Waals surface area contributed by atoms with E-state index in [0.29, 0.717) is 16.8 Å². The maximum atomic E-state index is 14.2. The van der Waals surface area contributed by atoms with Gasteiger partial charge in [0.2, 0.25) is 0 Å². The molecular formula is C35H35N3O6. The average Bonchev–Trinajstić information content (AvgIpc) is 2.97. The average molecular weight is 594 g/mol. The molecule has 0 bridgehead atoms. The molecule has 0 saturated heterocycles. The molecule has 9 heteroatoms. The molecule has 4 N–H and O–H groups in total. The Bertz CT molecular complexity index is 1720. The molecule has 0 aromatic heterocycles. The summed E-state index contributed by atoms with van der Waals surface area (Å²) in [5, 5.41) is 28.0. The van der Waals surface area contributed by atoms with Crippen LogP contribution in [0, 0.1) is 19.4 Å². The van der Waals surface area contributed by atoms with Crippen molar-refractivity contribution in [3.63, 3.8) is 0 Å². The van der Waals surface area contributed by atoms with E-state index in [-0.39, 0.29) is 23.5 Å². The number of ether oxygens (including phenoxy) is 1. The number of amides is 3. The van der Waals surface area contributed by atoms with Crippen LogP contribution in [0.1, 0.15) is 43.5 Å². The summed E-state index contributed by atoms with van der Waals surface area (Å²) in [6.07, 6.45) is 5.01. The van der Waals surface area contributed by atoms with Crippen LogP contribution >= 0.6 is 0 Å². The van der Waals surface area contributed by atoms with E-state index in [0.717, 1.165) is 15.7 Å². The Morgan fingerprint density at radius 3 is 2.27 bits per heavy atom. The number of alkyl carbamates (subject to hydrolysis) is 1. The zero-order valence-corrected chi connectivity index (χ0v) is 25.0. The van der Waals surface area contributed by atoms with Crippen LogP contribution in [0.5, 0.6) is 11.5 Å². The largest absolute Gasteiger partial charge is 0.508 e. The predicted molar refractivity (Wildman–Crippen MR) is 169 cm³/mol. The lowest BCUT2D eigenvalue weighted by atomic mass is 9.98. The lowest BCUT2D eigenvalue weighted by Crippen LogP contribution is -2.51. The molecule has 0 spiro atoms. The van der Waals surface area contributed by atoms with Crippen LogP contribution in [0.2, 0.25) is 0 Å². The van der Waals surface area contributed by atoms with Gasteiger partial charge in [0.25, 0.3) is 11.8 Å². The second kappa shape index (κ2) is 13.2. The van der Waals surface area contributed by atoms with Gasteiger partial charge in [-0.05, 0) is 73.9 Å². The fourth-order valence-electron chi connectivity index (χ4n) is 4.73. The second-order valence-electron chi connectivity index (χ2n) is 11.4. The van der Waals surface area contributed by atoms with Crippen LogP contribution in [-0.2, 0) is 20.7 Å². The number of carbonyl (C=O) groups is 3. The maximum Gasteiger partial charge on any atom is 0.408 e. The van der Waals surface area contributed by atoms with Gasteiger partial charge in [0.05, 0.1) is 0 Å². The van der Waals surface area contributed by atoms with Gasteiger partial charge in [-0.3, -0.25) is 14.5 Å². The minimum atomic E-state index is -1.47. The molecule has 0 aliphatic carbocycles. The molecule has 0 aliphatic rings. The van der Waals surface area contributed by atoms with Crippen LogP contribution in [0.3, 0.4) is 0 Å². The smallest absolute Gasteiger partial charge is 0.408 e. The molecular weight excluding hydrogens is 558 g/mol. The molecule has 2 unspecified atom stereocenters. The minimum absolute atomic E-state index is 0.0299. The first kappa shape index (κ1) is 31.4. The molecule has 2 atom stereocenters. The SMILES string of the molecule is C#CN(C(=O)C(Cc1ccc(O)cc1)NC(=O)OC(C)(C)C)C(C(=O)Nc1ccc2ccccc2c1)c1cccc(C)c1O. The quantitative estimate of drug-likeness (QED) is 0.151. The van der Waals surface area contributed by atoms with Gasteiger partial charge in [0.1, 0.15) is 23.1 Å². The van der Waals surface area contributed by atoms with Crippen molar-refractivity contribution in [2.24, 2.45) is 0 Å². The summed E-state index contributed by atoms with van der Waals surface area (Å²) < 4.78 is 5.40. The molecule has 226 valence electrons. The molecule has 3 amide bonds. The third-order valence-electron chi connectivity index (χ3n) is 6.83. The third-order valence-corrected chi connectivity index (χ3v) is 6.83. The van der Waals surface area contributed by atoms with Crippen molar-refractivity contribution < 1.29 is 29.3 Å². The third kappa shape index (κ3) is 7.66. The van der Waals surface area contributed by atoms with E-state index in [1.807, 2.05) is 30.3 Å². The van der Waals surface area contributed by atoms with Gasteiger partial charge in [0, 0.05) is 23.7 Å². The minimum Gasteiger partial charge on any atom is -0.508 e. The fraction of sp³-hybridized carbons (Fsp3) is 0.229. The molecule has 0 aliphatic heterocycles. The van der Waals surface area contributed by atoms with E-state index in [4.69, 9.17) is 11.2 Å². The number of phenolic OH excluding ortho intramolecular Hbond substituents is 2. The Hall–Kier alpha value is -5.49. The normalized spacial score (nSPS) is 12.4. The van der Waals surface area contributed by atoms with Crippen molar-refractivity contribution in [1.82, 2.24) is 10.2 Å². The second-order valence-corrected chi connectivity index (χ2v) is 11.4. The number of hydrogen-bond acceptors (Lipinski definition) is 6. The van der Waals surface area contributed by atoms with E-state index < -0.39 is 35.6 Å². The van der Waals surface area contributed by atoms with Crippen LogP contribution in [-0.4, -0.2) is 44.7 Å². The molecule has 44 heavy (non-hydrogen) atoms. The van der Waals surface area contributed by atoms with E-state index in [1.165, 1.54) is 18.2 Å². The predicted octanol–water partition coefficient (Wildman–Crippen LogP) is 5.79. The summed E-state index contributed by atoms with van der Waals surface area (Å²) in [5.74, 6) is -1.63. The van der Waals surface area contributed by atoms with E-state index in [9.17, 15) is 24.6 Å². The first-order valence-corrected chi connectivity index (χ1v) is 14.0. The molecule has 9 nitrogen and oxygen atoms in total. The summed E-state index contributed by atoms with van der Waals surface area (Å²) in [5.41, 5.74) is 0.795. The number of aromatic hydroxyl groups is 2. The number of nitrogens with zero attached hydrogens (tertiary/aromatic N) is 1. The molecule has 4 rings (SSSR count). The zero-order chi connectivity index (χ0) is 32.0. The summed E-state index contributed by atoms with van der Waals surface area (Å²) in [6, 6.07) is 23.5. The standard InChI is InChI=1S/C35H35N3O6/c1-6-38(33(42)29(37-34(43)44-35(3,4)5)20-23-14-18-27(39)19-15-23)30(28-13-9-10-22(2)31(28)40)32(41)36-26-17-16-24-11-7-8-12-25(24)21-26/h1,7-19,21,29-30,39-40H,20H2,2-5H3,(H,36,41)(H,37,43). The highest BCUT2D eigenvalue weighted by atomic mass is 16.6. The molecule has 0 heterocycles. The highest BCUT2D eigenvalue weighted by molar-refractivity contribution is 6.01. The first-order chi connectivity index (χ1) is 20.9. The Kier molecular flexibility index (Phi) is 9.44. The first-order valence-electron chi connectivity index (χ1n) is 14.0. The number of carbonyl (C=O) groups excluding carboxylic acids is 3. The summed E-state index contributed by atoms with van der Waals surface area (Å²) in [4.78, 5) is 41.9. The van der Waals surface area contributed by atoms with E-state index >= 15 is 0 Å². The molecule has 4 aromatic carbocycles. The number of aryl methyl sites for hydroxylation is 1. The number of anilines is 1. The number of para-hydroxylation sites is 1. The van der Waals surface area contributed by atoms with E-state index in [1.54, 1.807) is 64.1 Å². The fourth-order valence-corrected chi connectivity index (χ4v) is 4.73. The Morgan fingerprint density at radius 2 is 1.61 bits per heavy atom. The monoisotopic (exact) mass is 593 g/mol. The highest BCUT2D eigenvalue weighted by Crippen LogP contribution is 2.33.